The quantitative estimate of drug-likeness (QED) is 0.208. The Bertz CT molecular complexity index is 2080. The van der Waals surface area contributed by atoms with Crippen molar-refractivity contribution >= 4 is 39.7 Å². The normalized spacial score (nSPS) is 15.1. The standard InChI is InChI=1S/C31H23N3O6S/c1-17-27(18(2)35)29(28-23-7-5-4-6-19(23)10-14-25(28)39-3)33-30(36)26(41-31(33)32-17)16-22-13-15-24(40-22)20-8-11-21(12-9-20)34(37)38/h4-16,29H,1-3H3. The minimum absolute atomic E-state index is 0.0146. The topological polar surface area (TPSA) is 117 Å². The summed E-state index contributed by atoms with van der Waals surface area (Å²) >= 11 is 1.21. The van der Waals surface area contributed by atoms with Gasteiger partial charge in [0.1, 0.15) is 17.3 Å². The fraction of sp³-hybridized carbons (Fsp3) is 0.129. The van der Waals surface area contributed by atoms with Crippen molar-refractivity contribution in [2.45, 2.75) is 19.9 Å². The van der Waals surface area contributed by atoms with E-state index in [9.17, 15) is 19.7 Å². The van der Waals surface area contributed by atoms with Crippen LogP contribution in [0.1, 0.15) is 31.2 Å². The van der Waals surface area contributed by atoms with Crippen LogP contribution in [0, 0.1) is 10.1 Å². The average Bonchev–Trinajstić information content (AvgIpc) is 3.55. The van der Waals surface area contributed by atoms with E-state index in [2.05, 4.69) is 4.99 Å². The molecule has 1 unspecified atom stereocenters. The lowest BCUT2D eigenvalue weighted by molar-refractivity contribution is -0.384. The molecule has 3 aromatic carbocycles. The summed E-state index contributed by atoms with van der Waals surface area (Å²) in [5.41, 5.74) is 2.03. The Labute approximate surface area is 237 Å². The van der Waals surface area contributed by atoms with Crippen LogP contribution in [0.4, 0.5) is 5.69 Å². The van der Waals surface area contributed by atoms with Crippen molar-refractivity contribution in [3.63, 3.8) is 0 Å². The Balaban J connectivity index is 1.52. The lowest BCUT2D eigenvalue weighted by atomic mass is 9.89. The highest BCUT2D eigenvalue weighted by atomic mass is 32.1. The third kappa shape index (κ3) is 4.48. The second-order valence-corrected chi connectivity index (χ2v) is 10.6. The van der Waals surface area contributed by atoms with Crippen LogP contribution in [-0.2, 0) is 4.79 Å². The summed E-state index contributed by atoms with van der Waals surface area (Å²) in [5, 5.41) is 12.8. The first kappa shape index (κ1) is 26.1. The number of carbonyl (C=O) groups is 1. The number of benzene rings is 3. The summed E-state index contributed by atoms with van der Waals surface area (Å²) in [6.45, 7) is 3.26. The van der Waals surface area contributed by atoms with E-state index in [-0.39, 0.29) is 17.0 Å². The summed E-state index contributed by atoms with van der Waals surface area (Å²) in [7, 11) is 1.57. The third-order valence-corrected chi connectivity index (χ3v) is 8.07. The molecule has 0 saturated carbocycles. The highest BCUT2D eigenvalue weighted by Gasteiger charge is 2.33. The van der Waals surface area contributed by atoms with Gasteiger partial charge in [0.2, 0.25) is 0 Å². The molecule has 204 valence electrons. The van der Waals surface area contributed by atoms with Gasteiger partial charge in [0, 0.05) is 40.6 Å². The fourth-order valence-corrected chi connectivity index (χ4v) is 6.27. The number of rotatable bonds is 6. The molecule has 0 saturated heterocycles. The monoisotopic (exact) mass is 565 g/mol. The number of nitrogens with zero attached hydrogens (tertiary/aromatic N) is 3. The maximum atomic E-state index is 14.0. The van der Waals surface area contributed by atoms with Crippen molar-refractivity contribution in [1.82, 2.24) is 4.57 Å². The summed E-state index contributed by atoms with van der Waals surface area (Å²) in [6, 6.07) is 20.4. The van der Waals surface area contributed by atoms with Gasteiger partial charge in [0.25, 0.3) is 11.2 Å². The molecule has 9 nitrogen and oxygen atoms in total. The number of carbonyl (C=O) groups excluding carboxylic acids is 1. The predicted molar refractivity (Wildman–Crippen MR) is 156 cm³/mol. The maximum Gasteiger partial charge on any atom is 0.271 e. The molecule has 0 spiro atoms. The molecular formula is C31H23N3O6S. The molecule has 1 atom stereocenters. The number of furan rings is 1. The number of ether oxygens (including phenoxy) is 1. The number of aromatic nitrogens is 1. The first-order valence-electron chi connectivity index (χ1n) is 12.7. The van der Waals surface area contributed by atoms with E-state index in [1.165, 1.54) is 30.4 Å². The van der Waals surface area contributed by atoms with Crippen molar-refractivity contribution in [1.29, 1.82) is 0 Å². The number of ketones is 1. The van der Waals surface area contributed by atoms with Gasteiger partial charge in [-0.25, -0.2) is 4.99 Å². The van der Waals surface area contributed by atoms with Crippen LogP contribution in [-0.4, -0.2) is 22.4 Å². The molecule has 1 aliphatic heterocycles. The summed E-state index contributed by atoms with van der Waals surface area (Å²) < 4.78 is 13.7. The number of hydrogen-bond donors (Lipinski definition) is 0. The Morgan fingerprint density at radius 2 is 1.85 bits per heavy atom. The second-order valence-electron chi connectivity index (χ2n) is 9.55. The summed E-state index contributed by atoms with van der Waals surface area (Å²) in [4.78, 5) is 42.6. The highest BCUT2D eigenvalue weighted by Crippen LogP contribution is 2.40. The number of nitro benzene ring substituents is 1. The number of nitro groups is 1. The number of thiazole rings is 1. The predicted octanol–water partition coefficient (Wildman–Crippen LogP) is 5.15. The zero-order chi connectivity index (χ0) is 28.8. The molecule has 0 amide bonds. The molecule has 0 aliphatic carbocycles. The molecule has 0 radical (unpaired) electrons. The SMILES string of the molecule is COc1ccc2ccccc2c1C1C(C(C)=O)=C(C)N=c2sc(=Cc3ccc(-c4ccc([N+](=O)[O-])cc4)o3)c(=O)n21. The largest absolute Gasteiger partial charge is 0.496 e. The molecule has 41 heavy (non-hydrogen) atoms. The van der Waals surface area contributed by atoms with E-state index in [1.807, 2.05) is 36.4 Å². The number of methoxy groups -OCH3 is 1. The smallest absolute Gasteiger partial charge is 0.271 e. The van der Waals surface area contributed by atoms with Crippen molar-refractivity contribution in [2.75, 3.05) is 7.11 Å². The van der Waals surface area contributed by atoms with Crippen LogP contribution in [0.25, 0.3) is 28.2 Å². The molecule has 0 bridgehead atoms. The number of hydrogen-bond acceptors (Lipinski definition) is 8. The first-order chi connectivity index (χ1) is 19.8. The van der Waals surface area contributed by atoms with Gasteiger partial charge in [-0.3, -0.25) is 24.3 Å². The molecule has 6 rings (SSSR count). The van der Waals surface area contributed by atoms with Crippen LogP contribution in [0.3, 0.4) is 0 Å². The van der Waals surface area contributed by atoms with E-state index >= 15 is 0 Å². The highest BCUT2D eigenvalue weighted by molar-refractivity contribution is 7.07. The van der Waals surface area contributed by atoms with Crippen LogP contribution >= 0.6 is 11.3 Å². The number of allylic oxidation sites excluding steroid dienone is 2. The molecule has 0 fully saturated rings. The molecule has 0 N–H and O–H groups in total. The van der Waals surface area contributed by atoms with Gasteiger partial charge in [-0.05, 0) is 55.0 Å². The third-order valence-electron chi connectivity index (χ3n) is 7.09. The van der Waals surface area contributed by atoms with E-state index in [0.29, 0.717) is 43.4 Å². The zero-order valence-corrected chi connectivity index (χ0v) is 23.1. The van der Waals surface area contributed by atoms with E-state index in [0.717, 1.165) is 16.3 Å². The zero-order valence-electron chi connectivity index (χ0n) is 22.3. The molecule has 1 aliphatic rings. The Kier molecular flexibility index (Phi) is 6.47. The number of fused-ring (bicyclic) bond motifs is 2. The fourth-order valence-electron chi connectivity index (χ4n) is 5.24. The summed E-state index contributed by atoms with van der Waals surface area (Å²) in [6.07, 6.45) is 1.64. The van der Waals surface area contributed by atoms with Gasteiger partial charge < -0.3 is 9.15 Å². The van der Waals surface area contributed by atoms with E-state index < -0.39 is 11.0 Å². The number of non-ortho nitro benzene ring substituents is 1. The molecular weight excluding hydrogens is 542 g/mol. The average molecular weight is 566 g/mol. The molecule has 2 aromatic heterocycles. The van der Waals surface area contributed by atoms with E-state index in [4.69, 9.17) is 9.15 Å². The lowest BCUT2D eigenvalue weighted by Crippen LogP contribution is -2.39. The van der Waals surface area contributed by atoms with Crippen molar-refractivity contribution in [3.05, 3.63) is 125 Å². The minimum Gasteiger partial charge on any atom is -0.496 e. The van der Waals surface area contributed by atoms with Crippen LogP contribution in [0.2, 0.25) is 0 Å². The molecule has 3 heterocycles. The van der Waals surface area contributed by atoms with Gasteiger partial charge in [-0.1, -0.05) is 41.7 Å². The summed E-state index contributed by atoms with van der Waals surface area (Å²) in [5.74, 6) is 1.33. The van der Waals surface area contributed by atoms with Gasteiger partial charge in [-0.2, -0.15) is 0 Å². The van der Waals surface area contributed by atoms with Crippen molar-refractivity contribution < 1.29 is 18.9 Å². The lowest BCUT2D eigenvalue weighted by Gasteiger charge is -2.27. The Hall–Kier alpha value is -5.09. The van der Waals surface area contributed by atoms with E-state index in [1.54, 1.807) is 48.9 Å². The minimum atomic E-state index is -0.737. The number of Topliss-reactive ketones (excluding diaryl/α,β-unsaturated/α-hetero) is 1. The van der Waals surface area contributed by atoms with Crippen molar-refractivity contribution in [3.8, 4) is 17.1 Å². The molecule has 5 aromatic rings. The van der Waals surface area contributed by atoms with Crippen LogP contribution in [0.5, 0.6) is 5.75 Å². The first-order valence-corrected chi connectivity index (χ1v) is 13.5. The Morgan fingerprint density at radius 3 is 2.56 bits per heavy atom. The van der Waals surface area contributed by atoms with Gasteiger partial charge in [0.05, 0.1) is 22.6 Å². The van der Waals surface area contributed by atoms with Crippen LogP contribution in [0.15, 0.2) is 98.3 Å². The van der Waals surface area contributed by atoms with Gasteiger partial charge >= 0.3 is 0 Å². The second kappa shape index (κ2) is 10.1. The molecule has 10 heteroatoms. The van der Waals surface area contributed by atoms with Gasteiger partial charge in [-0.15, -0.1) is 0 Å². The van der Waals surface area contributed by atoms with Gasteiger partial charge in [0.15, 0.2) is 10.6 Å². The van der Waals surface area contributed by atoms with Crippen LogP contribution < -0.4 is 19.6 Å². The van der Waals surface area contributed by atoms with Crippen molar-refractivity contribution in [2.24, 2.45) is 4.99 Å². The maximum absolute atomic E-state index is 14.0. The Morgan fingerprint density at radius 1 is 1.10 bits per heavy atom.